The first-order valence-corrected chi connectivity index (χ1v) is 6.35. The summed E-state index contributed by atoms with van der Waals surface area (Å²) in [6.45, 7) is 4.72. The average molecular weight is 207 g/mol. The Morgan fingerprint density at radius 1 is 1.62 bits per heavy atom. The summed E-state index contributed by atoms with van der Waals surface area (Å²) in [6, 6.07) is 0.0355. The summed E-state index contributed by atoms with van der Waals surface area (Å²) in [5, 5.41) is 9.16. The lowest BCUT2D eigenvalue weighted by atomic mass is 10.2. The molecule has 0 aliphatic carbocycles. The van der Waals surface area contributed by atoms with E-state index in [1.165, 1.54) is 0 Å². The van der Waals surface area contributed by atoms with Crippen LogP contribution in [0.25, 0.3) is 0 Å². The number of hydrogen-bond acceptors (Lipinski definition) is 4. The van der Waals surface area contributed by atoms with Gasteiger partial charge in [-0.1, -0.05) is 0 Å². The lowest BCUT2D eigenvalue weighted by Gasteiger charge is -2.33. The molecule has 2 atom stereocenters. The molecule has 0 saturated carbocycles. The Morgan fingerprint density at radius 2 is 2.23 bits per heavy atom. The van der Waals surface area contributed by atoms with Crippen molar-refractivity contribution in [3.8, 4) is 0 Å². The second-order valence-electron chi connectivity index (χ2n) is 3.81. The molecule has 78 valence electrons. The zero-order chi connectivity index (χ0) is 10.1. The summed E-state index contributed by atoms with van der Waals surface area (Å²) in [6.07, 6.45) is -0.386. The molecule has 5 heteroatoms. The number of β-amino-alcohol motifs (C(OH)–C–C–N with tert-alkyl or cyclic N) is 1. The molecule has 0 spiro atoms. The van der Waals surface area contributed by atoms with Crippen molar-refractivity contribution in [2.24, 2.45) is 0 Å². The summed E-state index contributed by atoms with van der Waals surface area (Å²) >= 11 is 0. The Bertz CT molecular complexity index is 261. The first-order chi connectivity index (χ1) is 5.91. The summed E-state index contributed by atoms with van der Waals surface area (Å²) in [5.74, 6) is 0.448. The molecule has 13 heavy (non-hydrogen) atoms. The van der Waals surface area contributed by atoms with Crippen molar-refractivity contribution in [1.82, 2.24) is 4.90 Å². The fraction of sp³-hybridized carbons (Fsp3) is 1.00. The molecule has 1 unspecified atom stereocenters. The SMILES string of the molecule is CC1CS(=O)(=O)CCN1C[C@H](C)O. The van der Waals surface area contributed by atoms with E-state index in [2.05, 4.69) is 0 Å². The van der Waals surface area contributed by atoms with E-state index >= 15 is 0 Å². The third kappa shape index (κ3) is 3.25. The minimum Gasteiger partial charge on any atom is -0.392 e. The van der Waals surface area contributed by atoms with Gasteiger partial charge in [0, 0.05) is 19.1 Å². The van der Waals surface area contributed by atoms with Crippen molar-refractivity contribution in [3.05, 3.63) is 0 Å². The number of aliphatic hydroxyl groups is 1. The van der Waals surface area contributed by atoms with Crippen molar-refractivity contribution >= 4 is 9.84 Å². The molecule has 1 saturated heterocycles. The monoisotopic (exact) mass is 207 g/mol. The Hall–Kier alpha value is -0.130. The molecule has 1 fully saturated rings. The molecule has 1 heterocycles. The molecule has 1 rings (SSSR count). The second-order valence-corrected chi connectivity index (χ2v) is 6.04. The lowest BCUT2D eigenvalue weighted by molar-refractivity contribution is 0.110. The molecule has 1 aliphatic rings. The molecular formula is C8H17NO3S. The molecule has 0 aromatic rings. The van der Waals surface area contributed by atoms with Gasteiger partial charge < -0.3 is 5.11 Å². The molecule has 0 aromatic carbocycles. The zero-order valence-electron chi connectivity index (χ0n) is 8.10. The smallest absolute Gasteiger partial charge is 0.153 e. The predicted octanol–water partition coefficient (Wildman–Crippen LogP) is -0.514. The van der Waals surface area contributed by atoms with Gasteiger partial charge in [0.25, 0.3) is 0 Å². The molecule has 0 bridgehead atoms. The van der Waals surface area contributed by atoms with Crippen LogP contribution in [0.2, 0.25) is 0 Å². The van der Waals surface area contributed by atoms with Crippen LogP contribution in [0.4, 0.5) is 0 Å². The van der Waals surface area contributed by atoms with Crippen LogP contribution in [0, 0.1) is 0 Å². The maximum atomic E-state index is 11.2. The maximum absolute atomic E-state index is 11.2. The van der Waals surface area contributed by atoms with Crippen LogP contribution in [0.1, 0.15) is 13.8 Å². The molecule has 0 radical (unpaired) electrons. The van der Waals surface area contributed by atoms with Crippen LogP contribution in [0.15, 0.2) is 0 Å². The summed E-state index contributed by atoms with van der Waals surface area (Å²) in [4.78, 5) is 2.02. The summed E-state index contributed by atoms with van der Waals surface area (Å²) in [5.41, 5.74) is 0. The summed E-state index contributed by atoms with van der Waals surface area (Å²) in [7, 11) is -2.82. The molecule has 1 N–H and O–H groups in total. The standard InChI is InChI=1S/C8H17NO3S/c1-7-6-13(11,12)4-3-9(7)5-8(2)10/h7-8,10H,3-6H2,1-2H3/t7?,8-/m0/s1. The third-order valence-electron chi connectivity index (χ3n) is 2.31. The highest BCUT2D eigenvalue weighted by atomic mass is 32.2. The second kappa shape index (κ2) is 3.94. The number of nitrogens with zero attached hydrogens (tertiary/aromatic N) is 1. The third-order valence-corrected chi connectivity index (χ3v) is 4.10. The van der Waals surface area contributed by atoms with Gasteiger partial charge in [-0.25, -0.2) is 8.42 Å². The van der Waals surface area contributed by atoms with E-state index < -0.39 is 9.84 Å². The van der Waals surface area contributed by atoms with Crippen LogP contribution < -0.4 is 0 Å². The topological polar surface area (TPSA) is 57.6 Å². The minimum atomic E-state index is -2.82. The Balaban J connectivity index is 2.54. The molecule has 1 aliphatic heterocycles. The first-order valence-electron chi connectivity index (χ1n) is 4.53. The average Bonchev–Trinajstić information content (AvgIpc) is 1.93. The van der Waals surface area contributed by atoms with E-state index in [1.54, 1.807) is 6.92 Å². The van der Waals surface area contributed by atoms with E-state index in [-0.39, 0.29) is 23.7 Å². The Morgan fingerprint density at radius 3 is 2.69 bits per heavy atom. The normalized spacial score (nSPS) is 31.5. The molecule has 4 nitrogen and oxygen atoms in total. The number of rotatable bonds is 2. The number of aliphatic hydroxyl groups excluding tert-OH is 1. The van der Waals surface area contributed by atoms with Crippen LogP contribution in [0.3, 0.4) is 0 Å². The van der Waals surface area contributed by atoms with Gasteiger partial charge in [0.05, 0.1) is 17.6 Å². The molecule has 0 aromatic heterocycles. The van der Waals surface area contributed by atoms with Crippen molar-refractivity contribution < 1.29 is 13.5 Å². The van der Waals surface area contributed by atoms with Crippen molar-refractivity contribution in [2.45, 2.75) is 26.0 Å². The van der Waals surface area contributed by atoms with E-state index in [0.29, 0.717) is 13.1 Å². The predicted molar refractivity (Wildman–Crippen MR) is 51.4 cm³/mol. The first kappa shape index (κ1) is 10.9. The van der Waals surface area contributed by atoms with E-state index in [9.17, 15) is 8.42 Å². The zero-order valence-corrected chi connectivity index (χ0v) is 8.92. The maximum Gasteiger partial charge on any atom is 0.153 e. The fourth-order valence-corrected chi connectivity index (χ4v) is 3.27. The van der Waals surface area contributed by atoms with Gasteiger partial charge in [-0.2, -0.15) is 0 Å². The quantitative estimate of drug-likeness (QED) is 0.662. The highest BCUT2D eigenvalue weighted by molar-refractivity contribution is 7.91. The number of hydrogen-bond donors (Lipinski definition) is 1. The van der Waals surface area contributed by atoms with Crippen LogP contribution >= 0.6 is 0 Å². The van der Waals surface area contributed by atoms with Gasteiger partial charge in [0.2, 0.25) is 0 Å². The van der Waals surface area contributed by atoms with Crippen molar-refractivity contribution in [1.29, 1.82) is 0 Å². The summed E-state index contributed by atoms with van der Waals surface area (Å²) < 4.78 is 22.4. The van der Waals surface area contributed by atoms with Crippen LogP contribution in [-0.4, -0.2) is 55.2 Å². The molecular weight excluding hydrogens is 190 g/mol. The van der Waals surface area contributed by atoms with Crippen molar-refractivity contribution in [3.63, 3.8) is 0 Å². The van der Waals surface area contributed by atoms with Gasteiger partial charge in [-0.15, -0.1) is 0 Å². The lowest BCUT2D eigenvalue weighted by Crippen LogP contribution is -2.49. The van der Waals surface area contributed by atoms with Gasteiger partial charge in [-0.05, 0) is 13.8 Å². The highest BCUT2D eigenvalue weighted by Gasteiger charge is 2.28. The van der Waals surface area contributed by atoms with E-state index in [0.717, 1.165) is 0 Å². The number of sulfone groups is 1. The van der Waals surface area contributed by atoms with E-state index in [4.69, 9.17) is 5.11 Å². The van der Waals surface area contributed by atoms with Gasteiger partial charge in [0.15, 0.2) is 9.84 Å². The molecule has 0 amide bonds. The van der Waals surface area contributed by atoms with Gasteiger partial charge >= 0.3 is 0 Å². The van der Waals surface area contributed by atoms with E-state index in [1.807, 2.05) is 11.8 Å². The minimum absolute atomic E-state index is 0.0355. The Kier molecular flexibility index (Phi) is 3.32. The van der Waals surface area contributed by atoms with Gasteiger partial charge in [0.1, 0.15) is 0 Å². The van der Waals surface area contributed by atoms with Crippen LogP contribution in [-0.2, 0) is 9.84 Å². The largest absolute Gasteiger partial charge is 0.392 e. The van der Waals surface area contributed by atoms with Gasteiger partial charge in [-0.3, -0.25) is 4.90 Å². The highest BCUT2D eigenvalue weighted by Crippen LogP contribution is 2.11. The Labute approximate surface area is 79.5 Å². The van der Waals surface area contributed by atoms with Crippen molar-refractivity contribution in [2.75, 3.05) is 24.6 Å². The fourth-order valence-electron chi connectivity index (χ4n) is 1.64. The van der Waals surface area contributed by atoms with Crippen LogP contribution in [0.5, 0.6) is 0 Å².